The second-order valence-electron chi connectivity index (χ2n) is 6.34. The molecular formula is C16H20N2O3S. The lowest BCUT2D eigenvalue weighted by Crippen LogP contribution is -2.52. The first kappa shape index (κ1) is 14.2. The van der Waals surface area contributed by atoms with Crippen molar-refractivity contribution < 1.29 is 14.6 Å². The molecule has 1 amide bonds. The summed E-state index contributed by atoms with van der Waals surface area (Å²) in [6.45, 7) is 0.691. The first-order valence-electron chi connectivity index (χ1n) is 7.73. The Morgan fingerprint density at radius 2 is 2.41 bits per heavy atom. The molecule has 6 heteroatoms. The van der Waals surface area contributed by atoms with Crippen molar-refractivity contribution in [3.8, 4) is 0 Å². The standard InChI is InChI=1S/C16H20N2O3S/c1-21-16-4-2-10(19)8-14(16)18(6-5-16)15(20)12-9-13-11(17-12)3-7-22-13/h3,7,9-10,14,17,19H,2,4-6,8H2,1H3/t10?,14?,16-/m1/s1. The van der Waals surface area contributed by atoms with Crippen LogP contribution in [0.1, 0.15) is 36.2 Å². The Morgan fingerprint density at radius 3 is 3.18 bits per heavy atom. The summed E-state index contributed by atoms with van der Waals surface area (Å²) in [5, 5.41) is 12.0. The van der Waals surface area contributed by atoms with Gasteiger partial charge >= 0.3 is 0 Å². The van der Waals surface area contributed by atoms with E-state index in [-0.39, 0.29) is 23.7 Å². The number of nitrogens with zero attached hydrogens (tertiary/aromatic N) is 1. The number of hydrogen-bond acceptors (Lipinski definition) is 4. The summed E-state index contributed by atoms with van der Waals surface area (Å²) in [4.78, 5) is 18.0. The highest BCUT2D eigenvalue weighted by Gasteiger charge is 2.52. The third-order valence-corrected chi connectivity index (χ3v) is 6.16. The molecule has 0 bridgehead atoms. The van der Waals surface area contributed by atoms with Crippen molar-refractivity contribution in [1.29, 1.82) is 0 Å². The van der Waals surface area contributed by atoms with E-state index >= 15 is 0 Å². The van der Waals surface area contributed by atoms with Gasteiger partial charge in [-0.05, 0) is 43.2 Å². The molecule has 0 radical (unpaired) electrons. The summed E-state index contributed by atoms with van der Waals surface area (Å²) in [7, 11) is 1.73. The number of aliphatic hydroxyl groups is 1. The number of rotatable bonds is 2. The summed E-state index contributed by atoms with van der Waals surface area (Å²) in [6.07, 6.45) is 2.69. The van der Waals surface area contributed by atoms with Crippen LogP contribution in [0.25, 0.3) is 10.2 Å². The first-order chi connectivity index (χ1) is 10.6. The molecule has 0 aromatic carbocycles. The van der Waals surface area contributed by atoms with Crippen LogP contribution in [-0.4, -0.2) is 52.3 Å². The van der Waals surface area contributed by atoms with Crippen LogP contribution in [0.2, 0.25) is 0 Å². The van der Waals surface area contributed by atoms with Gasteiger partial charge in [0.1, 0.15) is 5.69 Å². The number of methoxy groups -OCH3 is 1. The third kappa shape index (κ3) is 2.01. The number of carbonyl (C=O) groups excluding carboxylic acids is 1. The van der Waals surface area contributed by atoms with E-state index in [1.54, 1.807) is 18.4 Å². The number of aromatic nitrogens is 1. The molecule has 2 N–H and O–H groups in total. The van der Waals surface area contributed by atoms with Gasteiger partial charge in [0.15, 0.2) is 0 Å². The molecule has 0 spiro atoms. The van der Waals surface area contributed by atoms with Gasteiger partial charge in [0.25, 0.3) is 5.91 Å². The van der Waals surface area contributed by atoms with E-state index in [0.29, 0.717) is 18.7 Å². The molecular weight excluding hydrogens is 300 g/mol. The van der Waals surface area contributed by atoms with Crippen molar-refractivity contribution in [2.24, 2.45) is 0 Å². The molecule has 2 unspecified atom stereocenters. The smallest absolute Gasteiger partial charge is 0.270 e. The molecule has 2 aromatic rings. The van der Waals surface area contributed by atoms with Gasteiger partial charge < -0.3 is 19.7 Å². The molecule has 2 fully saturated rings. The highest BCUT2D eigenvalue weighted by Crippen LogP contribution is 2.43. The highest BCUT2D eigenvalue weighted by molar-refractivity contribution is 7.17. The van der Waals surface area contributed by atoms with Crippen LogP contribution in [0, 0.1) is 0 Å². The predicted molar refractivity (Wildman–Crippen MR) is 85.2 cm³/mol. The van der Waals surface area contributed by atoms with E-state index in [2.05, 4.69) is 4.98 Å². The van der Waals surface area contributed by atoms with Gasteiger partial charge in [-0.15, -0.1) is 11.3 Å². The average molecular weight is 320 g/mol. The van der Waals surface area contributed by atoms with Crippen molar-refractivity contribution in [2.75, 3.05) is 13.7 Å². The number of thiophene rings is 1. The van der Waals surface area contributed by atoms with E-state index in [1.165, 1.54) is 0 Å². The lowest BCUT2D eigenvalue weighted by atomic mass is 9.79. The Labute approximate surface area is 132 Å². The molecule has 3 atom stereocenters. The summed E-state index contributed by atoms with van der Waals surface area (Å²) >= 11 is 1.63. The fraction of sp³-hybridized carbons (Fsp3) is 0.562. The molecule has 3 heterocycles. The first-order valence-corrected chi connectivity index (χ1v) is 8.61. The zero-order valence-electron chi connectivity index (χ0n) is 12.5. The Hall–Kier alpha value is -1.37. The number of fused-ring (bicyclic) bond motifs is 2. The molecule has 1 saturated carbocycles. The van der Waals surface area contributed by atoms with Crippen molar-refractivity contribution >= 4 is 27.5 Å². The van der Waals surface area contributed by atoms with E-state index in [4.69, 9.17) is 4.74 Å². The second-order valence-corrected chi connectivity index (χ2v) is 7.29. The third-order valence-electron chi connectivity index (χ3n) is 5.29. The minimum atomic E-state index is -0.339. The number of hydrogen-bond donors (Lipinski definition) is 2. The molecule has 22 heavy (non-hydrogen) atoms. The second kappa shape index (κ2) is 5.08. The Kier molecular flexibility index (Phi) is 3.29. The number of H-pyrrole nitrogens is 1. The van der Waals surface area contributed by atoms with E-state index in [0.717, 1.165) is 29.5 Å². The van der Waals surface area contributed by atoms with Gasteiger partial charge in [0, 0.05) is 13.7 Å². The number of ether oxygens (including phenoxy) is 1. The highest BCUT2D eigenvalue weighted by atomic mass is 32.1. The zero-order valence-corrected chi connectivity index (χ0v) is 13.4. The van der Waals surface area contributed by atoms with Crippen LogP contribution in [-0.2, 0) is 4.74 Å². The summed E-state index contributed by atoms with van der Waals surface area (Å²) in [5.74, 6) is 0.0152. The van der Waals surface area contributed by atoms with Crippen molar-refractivity contribution in [3.05, 3.63) is 23.2 Å². The normalized spacial score (nSPS) is 31.6. The maximum absolute atomic E-state index is 12.9. The quantitative estimate of drug-likeness (QED) is 0.893. The number of aromatic amines is 1. The minimum Gasteiger partial charge on any atom is -0.393 e. The van der Waals surface area contributed by atoms with Gasteiger partial charge in [-0.3, -0.25) is 4.79 Å². The zero-order chi connectivity index (χ0) is 15.3. The van der Waals surface area contributed by atoms with Crippen molar-refractivity contribution in [1.82, 2.24) is 9.88 Å². The van der Waals surface area contributed by atoms with E-state index in [1.807, 2.05) is 22.4 Å². The number of aliphatic hydroxyl groups excluding tert-OH is 1. The molecule has 1 saturated heterocycles. The maximum Gasteiger partial charge on any atom is 0.270 e. The van der Waals surface area contributed by atoms with Crippen molar-refractivity contribution in [2.45, 2.75) is 43.4 Å². The predicted octanol–water partition coefficient (Wildman–Crippen LogP) is 2.37. The molecule has 1 aliphatic carbocycles. The van der Waals surface area contributed by atoms with Crippen molar-refractivity contribution in [3.63, 3.8) is 0 Å². The van der Waals surface area contributed by atoms with E-state index in [9.17, 15) is 9.90 Å². The lowest BCUT2D eigenvalue weighted by Gasteiger charge is -2.42. The number of nitrogens with one attached hydrogen (secondary N) is 1. The van der Waals surface area contributed by atoms with Gasteiger partial charge in [0.05, 0.1) is 28.0 Å². The van der Waals surface area contributed by atoms with Gasteiger partial charge in [-0.25, -0.2) is 0 Å². The van der Waals surface area contributed by atoms with Gasteiger partial charge in [0.2, 0.25) is 0 Å². The maximum atomic E-state index is 12.9. The fourth-order valence-electron chi connectivity index (χ4n) is 4.04. The summed E-state index contributed by atoms with van der Waals surface area (Å²) in [6, 6.07) is 3.88. The van der Waals surface area contributed by atoms with Crippen LogP contribution < -0.4 is 0 Å². The number of carbonyl (C=O) groups is 1. The van der Waals surface area contributed by atoms with Crippen LogP contribution in [0.3, 0.4) is 0 Å². The number of likely N-dealkylation sites (tertiary alicyclic amines) is 1. The Balaban J connectivity index is 1.64. The van der Waals surface area contributed by atoms with Crippen LogP contribution in [0.4, 0.5) is 0 Å². The molecule has 5 nitrogen and oxygen atoms in total. The average Bonchev–Trinajstić information content (AvgIpc) is 3.19. The van der Waals surface area contributed by atoms with E-state index < -0.39 is 0 Å². The monoisotopic (exact) mass is 320 g/mol. The minimum absolute atomic E-state index is 0.0152. The summed E-state index contributed by atoms with van der Waals surface area (Å²) in [5.41, 5.74) is 1.36. The topological polar surface area (TPSA) is 65.6 Å². The lowest BCUT2D eigenvalue weighted by molar-refractivity contribution is -0.0824. The molecule has 4 rings (SSSR count). The van der Waals surface area contributed by atoms with Gasteiger partial charge in [-0.1, -0.05) is 0 Å². The molecule has 118 valence electrons. The molecule has 2 aliphatic rings. The SMILES string of the molecule is CO[C@@]12CCC(O)CC1N(C(=O)c1cc3sccc3[nH]1)CC2. The van der Waals surface area contributed by atoms with Crippen LogP contribution in [0.5, 0.6) is 0 Å². The number of amides is 1. The molecule has 1 aliphatic heterocycles. The van der Waals surface area contributed by atoms with Gasteiger partial charge in [-0.2, -0.15) is 0 Å². The Morgan fingerprint density at radius 1 is 1.55 bits per heavy atom. The Bertz CT molecular complexity index is 681. The summed E-state index contributed by atoms with van der Waals surface area (Å²) < 4.78 is 6.90. The van der Waals surface area contributed by atoms with Crippen LogP contribution in [0.15, 0.2) is 17.5 Å². The van der Waals surface area contributed by atoms with Crippen LogP contribution >= 0.6 is 11.3 Å². The largest absolute Gasteiger partial charge is 0.393 e. The molecule has 2 aromatic heterocycles. The fourth-order valence-corrected chi connectivity index (χ4v) is 4.82.